The summed E-state index contributed by atoms with van der Waals surface area (Å²) in [5.74, 6) is 0.329. The summed E-state index contributed by atoms with van der Waals surface area (Å²) in [4.78, 5) is 11.1. The molecule has 4 rings (SSSR count). The number of benzene rings is 2. The molecular weight excluding hydrogens is 284 g/mol. The van der Waals surface area contributed by atoms with E-state index in [2.05, 4.69) is 57.3 Å². The Kier molecular flexibility index (Phi) is 3.42. The van der Waals surface area contributed by atoms with Crippen LogP contribution in [0.1, 0.15) is 11.1 Å². The molecule has 0 amide bonds. The molecule has 0 spiro atoms. The van der Waals surface area contributed by atoms with Crippen LogP contribution in [-0.4, -0.2) is 16.5 Å². The molecular formula is C19H18N4. The van der Waals surface area contributed by atoms with Crippen molar-refractivity contribution in [2.75, 3.05) is 17.2 Å². The molecule has 0 atom stereocenters. The highest BCUT2D eigenvalue weighted by Crippen LogP contribution is 2.35. The Bertz CT molecular complexity index is 830. The molecule has 0 fully saturated rings. The van der Waals surface area contributed by atoms with Crippen molar-refractivity contribution in [3.05, 3.63) is 71.9 Å². The molecule has 4 heteroatoms. The number of anilines is 2. The lowest BCUT2D eigenvalue weighted by Gasteiger charge is -2.25. The van der Waals surface area contributed by atoms with Gasteiger partial charge in [-0.1, -0.05) is 48.5 Å². The van der Waals surface area contributed by atoms with Crippen molar-refractivity contribution in [3.63, 3.8) is 0 Å². The second-order valence-corrected chi connectivity index (χ2v) is 5.78. The maximum absolute atomic E-state index is 5.81. The second-order valence-electron chi connectivity index (χ2n) is 5.78. The Morgan fingerprint density at radius 2 is 1.78 bits per heavy atom. The van der Waals surface area contributed by atoms with Gasteiger partial charge in [-0.05, 0) is 23.6 Å². The van der Waals surface area contributed by atoms with Crippen molar-refractivity contribution >= 4 is 11.6 Å². The normalized spacial score (nSPS) is 13.1. The Labute approximate surface area is 135 Å². The molecule has 23 heavy (non-hydrogen) atoms. The Morgan fingerprint density at radius 1 is 1.00 bits per heavy atom. The monoisotopic (exact) mass is 302 g/mol. The van der Waals surface area contributed by atoms with E-state index in [0.29, 0.717) is 5.95 Å². The van der Waals surface area contributed by atoms with Crippen LogP contribution in [0, 0.1) is 0 Å². The summed E-state index contributed by atoms with van der Waals surface area (Å²) >= 11 is 0. The van der Waals surface area contributed by atoms with E-state index in [9.17, 15) is 0 Å². The van der Waals surface area contributed by atoms with Gasteiger partial charge in [-0.2, -0.15) is 0 Å². The highest BCUT2D eigenvalue weighted by Gasteiger charge is 2.21. The van der Waals surface area contributed by atoms with Crippen LogP contribution in [-0.2, 0) is 13.0 Å². The average Bonchev–Trinajstić information content (AvgIpc) is 2.74. The smallest absolute Gasteiger partial charge is 0.220 e. The van der Waals surface area contributed by atoms with E-state index in [1.54, 1.807) is 0 Å². The number of rotatable bonds is 2. The van der Waals surface area contributed by atoms with Crippen LogP contribution < -0.4 is 10.6 Å². The fourth-order valence-corrected chi connectivity index (χ4v) is 3.13. The van der Waals surface area contributed by atoms with Crippen molar-refractivity contribution in [1.29, 1.82) is 0 Å². The maximum Gasteiger partial charge on any atom is 0.220 e. The minimum Gasteiger partial charge on any atom is -0.368 e. The summed E-state index contributed by atoms with van der Waals surface area (Å²) in [7, 11) is 0. The standard InChI is InChI=1S/C19H18N4/c20-19-21-12-15-10-11-23(13-14-6-2-1-3-7-14)17-9-5-4-8-16(17)18(15)22-19/h1-9,12H,10-11,13H2,(H2,20,21,22). The van der Waals surface area contributed by atoms with Gasteiger partial charge in [0.25, 0.3) is 0 Å². The fourth-order valence-electron chi connectivity index (χ4n) is 3.13. The van der Waals surface area contributed by atoms with Crippen molar-refractivity contribution in [3.8, 4) is 11.3 Å². The first kappa shape index (κ1) is 13.8. The zero-order valence-corrected chi connectivity index (χ0v) is 12.8. The first-order valence-corrected chi connectivity index (χ1v) is 7.81. The number of fused-ring (bicyclic) bond motifs is 3. The summed E-state index contributed by atoms with van der Waals surface area (Å²) in [6, 6.07) is 18.9. The summed E-state index contributed by atoms with van der Waals surface area (Å²) in [5.41, 5.74) is 11.6. The number of aromatic nitrogens is 2. The molecule has 2 N–H and O–H groups in total. The number of para-hydroxylation sites is 1. The molecule has 1 aliphatic rings. The van der Waals surface area contributed by atoms with Gasteiger partial charge in [0.05, 0.1) is 5.69 Å². The lowest BCUT2D eigenvalue weighted by molar-refractivity contribution is 0.788. The van der Waals surface area contributed by atoms with Crippen molar-refractivity contribution in [2.45, 2.75) is 13.0 Å². The third kappa shape index (κ3) is 2.63. The lowest BCUT2D eigenvalue weighted by Crippen LogP contribution is -2.24. The van der Waals surface area contributed by atoms with Crippen LogP contribution in [0.15, 0.2) is 60.8 Å². The first-order valence-electron chi connectivity index (χ1n) is 7.81. The van der Waals surface area contributed by atoms with Gasteiger partial charge < -0.3 is 10.6 Å². The van der Waals surface area contributed by atoms with E-state index in [1.807, 2.05) is 18.3 Å². The number of nitrogen functional groups attached to an aromatic ring is 1. The van der Waals surface area contributed by atoms with E-state index in [1.165, 1.54) is 11.3 Å². The summed E-state index contributed by atoms with van der Waals surface area (Å²) in [6.07, 6.45) is 2.78. The Hall–Kier alpha value is -2.88. The van der Waals surface area contributed by atoms with Crippen LogP contribution in [0.5, 0.6) is 0 Å². The zero-order chi connectivity index (χ0) is 15.6. The Balaban J connectivity index is 1.79. The van der Waals surface area contributed by atoms with Gasteiger partial charge in [-0.3, -0.25) is 0 Å². The highest BCUT2D eigenvalue weighted by atomic mass is 15.1. The predicted molar refractivity (Wildman–Crippen MR) is 93.1 cm³/mol. The van der Waals surface area contributed by atoms with Gasteiger partial charge in [-0.25, -0.2) is 9.97 Å². The second kappa shape index (κ2) is 5.72. The van der Waals surface area contributed by atoms with Gasteiger partial charge in [-0.15, -0.1) is 0 Å². The van der Waals surface area contributed by atoms with E-state index in [-0.39, 0.29) is 0 Å². The third-order valence-corrected chi connectivity index (χ3v) is 4.25. The minimum atomic E-state index is 0.329. The molecule has 2 heterocycles. The molecule has 0 radical (unpaired) electrons. The minimum absolute atomic E-state index is 0.329. The molecule has 1 aliphatic heterocycles. The largest absolute Gasteiger partial charge is 0.368 e. The molecule has 114 valence electrons. The number of hydrogen-bond acceptors (Lipinski definition) is 4. The quantitative estimate of drug-likeness (QED) is 0.789. The van der Waals surface area contributed by atoms with Crippen LogP contribution in [0.4, 0.5) is 11.6 Å². The highest BCUT2D eigenvalue weighted by molar-refractivity contribution is 5.79. The van der Waals surface area contributed by atoms with Crippen molar-refractivity contribution < 1.29 is 0 Å². The van der Waals surface area contributed by atoms with Crippen LogP contribution in [0.25, 0.3) is 11.3 Å². The first-order chi connectivity index (χ1) is 11.3. The van der Waals surface area contributed by atoms with E-state index >= 15 is 0 Å². The van der Waals surface area contributed by atoms with E-state index < -0.39 is 0 Å². The molecule has 0 bridgehead atoms. The van der Waals surface area contributed by atoms with E-state index in [0.717, 1.165) is 36.3 Å². The lowest BCUT2D eigenvalue weighted by atomic mass is 10.1. The maximum atomic E-state index is 5.81. The number of nitrogens with zero attached hydrogens (tertiary/aromatic N) is 3. The van der Waals surface area contributed by atoms with Gasteiger partial charge in [0.2, 0.25) is 5.95 Å². The van der Waals surface area contributed by atoms with Crippen LogP contribution in [0.3, 0.4) is 0 Å². The predicted octanol–water partition coefficient (Wildman–Crippen LogP) is 3.29. The number of hydrogen-bond donors (Lipinski definition) is 1. The van der Waals surface area contributed by atoms with Gasteiger partial charge in [0.15, 0.2) is 0 Å². The van der Waals surface area contributed by atoms with E-state index in [4.69, 9.17) is 5.73 Å². The molecule has 2 aromatic carbocycles. The molecule has 0 aliphatic carbocycles. The van der Waals surface area contributed by atoms with Gasteiger partial charge in [0.1, 0.15) is 0 Å². The van der Waals surface area contributed by atoms with Crippen molar-refractivity contribution in [1.82, 2.24) is 9.97 Å². The molecule has 1 aromatic heterocycles. The fraction of sp³-hybridized carbons (Fsp3) is 0.158. The zero-order valence-electron chi connectivity index (χ0n) is 12.8. The number of nitrogens with two attached hydrogens (primary N) is 1. The summed E-state index contributed by atoms with van der Waals surface area (Å²) in [5, 5.41) is 0. The van der Waals surface area contributed by atoms with Gasteiger partial charge in [0, 0.05) is 30.5 Å². The molecule has 3 aromatic rings. The molecule has 0 saturated heterocycles. The van der Waals surface area contributed by atoms with Gasteiger partial charge >= 0.3 is 0 Å². The van der Waals surface area contributed by atoms with Crippen molar-refractivity contribution in [2.24, 2.45) is 0 Å². The SMILES string of the molecule is Nc1ncc2c(n1)-c1ccccc1N(Cc1ccccc1)CC2. The third-order valence-electron chi connectivity index (χ3n) is 4.25. The Morgan fingerprint density at radius 3 is 2.65 bits per heavy atom. The average molecular weight is 302 g/mol. The van der Waals surface area contributed by atoms with Crippen LogP contribution in [0.2, 0.25) is 0 Å². The summed E-state index contributed by atoms with van der Waals surface area (Å²) in [6.45, 7) is 1.82. The van der Waals surface area contributed by atoms with Crippen LogP contribution >= 0.6 is 0 Å². The molecule has 0 unspecified atom stereocenters. The summed E-state index contributed by atoms with van der Waals surface area (Å²) < 4.78 is 0. The molecule has 0 saturated carbocycles. The topological polar surface area (TPSA) is 55.0 Å². The molecule has 4 nitrogen and oxygen atoms in total.